The lowest BCUT2D eigenvalue weighted by Gasteiger charge is -2.25. The number of anilines is 2. The molecular weight excluding hydrogens is 328 g/mol. The zero-order valence-electron chi connectivity index (χ0n) is 16.2. The molecule has 1 saturated heterocycles. The average Bonchev–Trinajstić information content (AvgIpc) is 2.83. The van der Waals surface area contributed by atoms with E-state index in [1.54, 1.807) is 24.3 Å². The standard InChI is InChI=1S/C20H32N4O2/c1-20(2,3)18(21)19(26)23-16-10-8-15(9-11-16)22-17(25)14-24-12-6-4-5-7-13-24/h8-11,18H,4-7,12-14,21H2,1-3H3,(H,22,25)(H,23,26)/t18-/m1/s1. The molecular formula is C20H32N4O2. The molecule has 1 aromatic rings. The molecule has 0 unspecified atom stereocenters. The summed E-state index contributed by atoms with van der Waals surface area (Å²) in [6, 6.07) is 6.54. The number of carbonyl (C=O) groups excluding carboxylic acids is 2. The van der Waals surface area contributed by atoms with Crippen molar-refractivity contribution in [1.82, 2.24) is 4.90 Å². The first kappa shape index (κ1) is 20.4. The van der Waals surface area contributed by atoms with Crippen LogP contribution < -0.4 is 16.4 Å². The molecule has 2 amide bonds. The molecule has 1 aliphatic heterocycles. The van der Waals surface area contributed by atoms with E-state index in [1.807, 2.05) is 20.8 Å². The molecule has 1 heterocycles. The number of likely N-dealkylation sites (tertiary alicyclic amines) is 1. The van der Waals surface area contributed by atoms with E-state index in [-0.39, 0.29) is 17.2 Å². The van der Waals surface area contributed by atoms with Gasteiger partial charge < -0.3 is 16.4 Å². The first-order valence-electron chi connectivity index (χ1n) is 9.44. The second-order valence-electron chi connectivity index (χ2n) is 8.15. The Morgan fingerprint density at radius 2 is 1.50 bits per heavy atom. The van der Waals surface area contributed by atoms with Gasteiger partial charge in [0.05, 0.1) is 12.6 Å². The van der Waals surface area contributed by atoms with Crippen LogP contribution in [-0.4, -0.2) is 42.4 Å². The van der Waals surface area contributed by atoms with Gasteiger partial charge in [-0.2, -0.15) is 0 Å². The van der Waals surface area contributed by atoms with Crippen LogP contribution in [0.25, 0.3) is 0 Å². The molecule has 2 rings (SSSR count). The summed E-state index contributed by atoms with van der Waals surface area (Å²) in [5.41, 5.74) is 7.06. The summed E-state index contributed by atoms with van der Waals surface area (Å²) in [4.78, 5) is 26.6. The van der Waals surface area contributed by atoms with Crippen LogP contribution in [0.3, 0.4) is 0 Å². The highest BCUT2D eigenvalue weighted by Gasteiger charge is 2.27. The van der Waals surface area contributed by atoms with E-state index >= 15 is 0 Å². The zero-order chi connectivity index (χ0) is 19.2. The van der Waals surface area contributed by atoms with Gasteiger partial charge in [0.2, 0.25) is 11.8 Å². The molecule has 1 aromatic carbocycles. The Labute approximate surface area is 156 Å². The van der Waals surface area contributed by atoms with Crippen molar-refractivity contribution in [3.63, 3.8) is 0 Å². The SMILES string of the molecule is CC(C)(C)[C@H](N)C(=O)Nc1ccc(NC(=O)CN2CCCCCC2)cc1. The smallest absolute Gasteiger partial charge is 0.241 e. The average molecular weight is 361 g/mol. The van der Waals surface area contributed by atoms with Gasteiger partial charge in [0.15, 0.2) is 0 Å². The number of hydrogen-bond donors (Lipinski definition) is 3. The number of rotatable bonds is 5. The maximum absolute atomic E-state index is 12.2. The molecule has 6 heteroatoms. The summed E-state index contributed by atoms with van der Waals surface area (Å²) in [5, 5.41) is 5.74. The topological polar surface area (TPSA) is 87.5 Å². The Morgan fingerprint density at radius 3 is 2.00 bits per heavy atom. The number of amides is 2. The minimum Gasteiger partial charge on any atom is -0.325 e. The quantitative estimate of drug-likeness (QED) is 0.753. The van der Waals surface area contributed by atoms with Crippen molar-refractivity contribution in [1.29, 1.82) is 0 Å². The molecule has 0 radical (unpaired) electrons. The third-order valence-corrected chi connectivity index (χ3v) is 4.72. The van der Waals surface area contributed by atoms with Gasteiger partial charge in [0, 0.05) is 11.4 Å². The lowest BCUT2D eigenvalue weighted by molar-refractivity contribution is -0.119. The van der Waals surface area contributed by atoms with E-state index < -0.39 is 6.04 Å². The molecule has 0 saturated carbocycles. The van der Waals surface area contributed by atoms with Crippen molar-refractivity contribution in [2.24, 2.45) is 11.1 Å². The van der Waals surface area contributed by atoms with Crippen LogP contribution in [0.4, 0.5) is 11.4 Å². The van der Waals surface area contributed by atoms with E-state index in [1.165, 1.54) is 25.7 Å². The van der Waals surface area contributed by atoms with Crippen LogP contribution in [0.1, 0.15) is 46.5 Å². The summed E-state index contributed by atoms with van der Waals surface area (Å²) in [7, 11) is 0. The Morgan fingerprint density at radius 1 is 1.00 bits per heavy atom. The fourth-order valence-electron chi connectivity index (χ4n) is 2.95. The van der Waals surface area contributed by atoms with Crippen LogP contribution in [-0.2, 0) is 9.59 Å². The molecule has 0 aromatic heterocycles. The van der Waals surface area contributed by atoms with Crippen molar-refractivity contribution in [3.05, 3.63) is 24.3 Å². The number of nitrogens with two attached hydrogens (primary N) is 1. The molecule has 0 spiro atoms. The van der Waals surface area contributed by atoms with Crippen LogP contribution >= 0.6 is 0 Å². The highest BCUT2D eigenvalue weighted by molar-refractivity contribution is 5.96. The Hall–Kier alpha value is -1.92. The third-order valence-electron chi connectivity index (χ3n) is 4.72. The van der Waals surface area contributed by atoms with Crippen molar-refractivity contribution in [2.75, 3.05) is 30.3 Å². The number of nitrogens with zero attached hydrogens (tertiary/aromatic N) is 1. The fraction of sp³-hybridized carbons (Fsp3) is 0.600. The van der Waals surface area contributed by atoms with Gasteiger partial charge in [-0.15, -0.1) is 0 Å². The second kappa shape index (κ2) is 9.14. The number of benzene rings is 1. The molecule has 26 heavy (non-hydrogen) atoms. The normalized spacial score (nSPS) is 17.2. The fourth-order valence-corrected chi connectivity index (χ4v) is 2.95. The largest absolute Gasteiger partial charge is 0.325 e. The molecule has 1 atom stereocenters. The predicted molar refractivity (Wildman–Crippen MR) is 106 cm³/mol. The highest BCUT2D eigenvalue weighted by Crippen LogP contribution is 2.20. The summed E-state index contributed by atoms with van der Waals surface area (Å²) >= 11 is 0. The second-order valence-corrected chi connectivity index (χ2v) is 8.15. The molecule has 144 valence electrons. The molecule has 1 fully saturated rings. The lowest BCUT2D eigenvalue weighted by Crippen LogP contribution is -2.45. The molecule has 0 bridgehead atoms. The maximum Gasteiger partial charge on any atom is 0.241 e. The summed E-state index contributed by atoms with van der Waals surface area (Å²) < 4.78 is 0. The summed E-state index contributed by atoms with van der Waals surface area (Å²) in [6.07, 6.45) is 4.84. The molecule has 0 aliphatic carbocycles. The Balaban J connectivity index is 1.84. The predicted octanol–water partition coefficient (Wildman–Crippen LogP) is 2.81. The van der Waals surface area contributed by atoms with Crippen molar-refractivity contribution in [3.8, 4) is 0 Å². The van der Waals surface area contributed by atoms with Crippen LogP contribution in [0.2, 0.25) is 0 Å². The summed E-state index contributed by atoms with van der Waals surface area (Å²) in [5.74, 6) is -0.214. The van der Waals surface area contributed by atoms with E-state index in [0.717, 1.165) is 18.8 Å². The zero-order valence-corrected chi connectivity index (χ0v) is 16.2. The van der Waals surface area contributed by atoms with Crippen LogP contribution in [0.5, 0.6) is 0 Å². The first-order valence-corrected chi connectivity index (χ1v) is 9.44. The Bertz CT molecular complexity index is 599. The Kier molecular flexibility index (Phi) is 7.17. The van der Waals surface area contributed by atoms with Gasteiger partial charge in [-0.25, -0.2) is 0 Å². The van der Waals surface area contributed by atoms with Crippen LogP contribution in [0.15, 0.2) is 24.3 Å². The van der Waals surface area contributed by atoms with Gasteiger partial charge >= 0.3 is 0 Å². The van der Waals surface area contributed by atoms with E-state index in [9.17, 15) is 9.59 Å². The van der Waals surface area contributed by atoms with Gasteiger partial charge in [-0.1, -0.05) is 33.6 Å². The van der Waals surface area contributed by atoms with Gasteiger partial charge in [0.1, 0.15) is 0 Å². The monoisotopic (exact) mass is 360 g/mol. The van der Waals surface area contributed by atoms with Crippen molar-refractivity contribution >= 4 is 23.2 Å². The van der Waals surface area contributed by atoms with Crippen molar-refractivity contribution in [2.45, 2.75) is 52.5 Å². The number of hydrogen-bond acceptors (Lipinski definition) is 4. The van der Waals surface area contributed by atoms with Gasteiger partial charge in [0.25, 0.3) is 0 Å². The van der Waals surface area contributed by atoms with E-state index in [2.05, 4.69) is 15.5 Å². The van der Waals surface area contributed by atoms with Gasteiger partial charge in [-0.3, -0.25) is 14.5 Å². The third kappa shape index (κ3) is 6.42. The minimum absolute atomic E-state index is 0.00144. The molecule has 4 N–H and O–H groups in total. The number of nitrogens with one attached hydrogen (secondary N) is 2. The van der Waals surface area contributed by atoms with Gasteiger partial charge in [-0.05, 0) is 55.6 Å². The first-order chi connectivity index (χ1) is 12.3. The highest BCUT2D eigenvalue weighted by atomic mass is 16.2. The molecule has 1 aliphatic rings. The lowest BCUT2D eigenvalue weighted by atomic mass is 9.87. The maximum atomic E-state index is 12.2. The minimum atomic E-state index is -0.587. The molecule has 6 nitrogen and oxygen atoms in total. The number of carbonyl (C=O) groups is 2. The van der Waals surface area contributed by atoms with E-state index in [4.69, 9.17) is 5.73 Å². The van der Waals surface area contributed by atoms with Crippen molar-refractivity contribution < 1.29 is 9.59 Å². The summed E-state index contributed by atoms with van der Waals surface area (Å²) in [6.45, 7) is 8.21. The van der Waals surface area contributed by atoms with E-state index in [0.29, 0.717) is 12.2 Å². The van der Waals surface area contributed by atoms with Crippen LogP contribution in [0, 0.1) is 5.41 Å².